The van der Waals surface area contributed by atoms with Crippen molar-refractivity contribution >= 4 is 7.28 Å². The predicted octanol–water partition coefficient (Wildman–Crippen LogP) is 6.25. The van der Waals surface area contributed by atoms with Gasteiger partial charge in [0.05, 0.1) is 0 Å². The van der Waals surface area contributed by atoms with E-state index in [1.165, 1.54) is 38.5 Å². The first-order valence-corrected chi connectivity index (χ1v) is 13.0. The summed E-state index contributed by atoms with van der Waals surface area (Å²) in [5.41, 5.74) is 0. The Labute approximate surface area is 151 Å². The van der Waals surface area contributed by atoms with Crippen LogP contribution in [0.3, 0.4) is 0 Å². The maximum absolute atomic E-state index is 10.6. The van der Waals surface area contributed by atoms with E-state index in [9.17, 15) is 14.7 Å². The molecule has 0 saturated heterocycles. The van der Waals surface area contributed by atoms with Crippen molar-refractivity contribution in [1.29, 1.82) is 0 Å². The van der Waals surface area contributed by atoms with Gasteiger partial charge in [-0.2, -0.15) is 0 Å². The number of unbranched alkanes of at least 4 members (excludes halogenated alkanes) is 6. The van der Waals surface area contributed by atoms with Crippen LogP contribution in [0.2, 0.25) is 0 Å². The van der Waals surface area contributed by atoms with Crippen molar-refractivity contribution in [3.05, 3.63) is 0 Å². The minimum absolute atomic E-state index is 0.208. The van der Waals surface area contributed by atoms with Gasteiger partial charge in [0.15, 0.2) is 0 Å². The molecule has 2 unspecified atom stereocenters. The molecular weight excluding hydrogens is 319 g/mol. The third-order valence-corrected chi connectivity index (χ3v) is 7.88. The van der Waals surface area contributed by atoms with Gasteiger partial charge < -0.3 is 0 Å². The summed E-state index contributed by atoms with van der Waals surface area (Å²) >= 11 is 0. The van der Waals surface area contributed by atoms with Crippen LogP contribution < -0.4 is 0 Å². The fourth-order valence-electron chi connectivity index (χ4n) is 3.70. The number of hydrogen-bond donors (Lipinski definition) is 3. The molecule has 0 rings (SSSR count). The first-order chi connectivity index (χ1) is 11.3. The van der Waals surface area contributed by atoms with E-state index in [4.69, 9.17) is 0 Å². The Morgan fingerprint density at radius 2 is 0.958 bits per heavy atom. The van der Waals surface area contributed by atoms with Crippen molar-refractivity contribution in [3.8, 4) is 0 Å². The summed E-state index contributed by atoms with van der Waals surface area (Å²) in [5.74, 6) is 0.467. The summed E-state index contributed by atoms with van der Waals surface area (Å²) in [4.78, 5) is 31.9. The molecule has 24 heavy (non-hydrogen) atoms. The summed E-state index contributed by atoms with van der Waals surface area (Å²) in [5, 5.41) is 0. The monoisotopic (exact) mass is 364 g/mol. The van der Waals surface area contributed by atoms with Crippen LogP contribution in [0.1, 0.15) is 105 Å². The molecule has 4 heteroatoms. The van der Waals surface area contributed by atoms with Gasteiger partial charge in [0.2, 0.25) is 0 Å². The van der Waals surface area contributed by atoms with E-state index in [0.29, 0.717) is 0 Å². The molecule has 0 bridgehead atoms. The second kappa shape index (κ2) is 12.6. The van der Waals surface area contributed by atoms with Crippen LogP contribution in [0, 0.1) is 11.8 Å². The fraction of sp³-hybridized carbons (Fsp3) is 1.00. The van der Waals surface area contributed by atoms with Crippen molar-refractivity contribution in [3.63, 3.8) is 0 Å². The summed E-state index contributed by atoms with van der Waals surface area (Å²) in [7, 11) is -4.49. The molecule has 0 aromatic heterocycles. The van der Waals surface area contributed by atoms with Gasteiger partial charge in [-0.15, -0.1) is 0 Å². The van der Waals surface area contributed by atoms with Crippen LogP contribution in [0.5, 0.6) is 0 Å². The van der Waals surface area contributed by atoms with Crippen LogP contribution >= 0.6 is 7.28 Å². The summed E-state index contributed by atoms with van der Waals surface area (Å²) in [6.45, 7) is 8.59. The number of rotatable bonds is 16. The van der Waals surface area contributed by atoms with Crippen molar-refractivity contribution in [1.82, 2.24) is 0 Å². The SMILES string of the molecule is CCCCCCC(CC)CP(O)(O)(O)CC(CC)CCCCCC. The van der Waals surface area contributed by atoms with E-state index in [1.807, 2.05) is 0 Å². The quantitative estimate of drug-likeness (QED) is 0.224. The minimum atomic E-state index is -4.49. The van der Waals surface area contributed by atoms with E-state index in [1.54, 1.807) is 0 Å². The maximum atomic E-state index is 10.6. The summed E-state index contributed by atoms with van der Waals surface area (Å²) in [6.07, 6.45) is 13.9. The molecule has 0 radical (unpaired) electrons. The topological polar surface area (TPSA) is 60.7 Å². The third kappa shape index (κ3) is 12.6. The molecule has 3 N–H and O–H groups in total. The second-order valence-corrected chi connectivity index (χ2v) is 11.4. The van der Waals surface area contributed by atoms with Gasteiger partial charge in [0, 0.05) is 0 Å². The molecule has 0 fully saturated rings. The van der Waals surface area contributed by atoms with E-state index in [2.05, 4.69) is 27.7 Å². The molecule has 0 spiro atoms. The average molecular weight is 365 g/mol. The van der Waals surface area contributed by atoms with Crippen LogP contribution in [-0.4, -0.2) is 27.0 Å². The Hall–Kier alpha value is 0.310. The summed E-state index contributed by atoms with van der Waals surface area (Å²) in [6, 6.07) is 0. The molecule has 0 heterocycles. The van der Waals surface area contributed by atoms with Gasteiger partial charge in [0.25, 0.3) is 0 Å². The van der Waals surface area contributed by atoms with E-state index >= 15 is 0 Å². The Morgan fingerprint density at radius 3 is 1.25 bits per heavy atom. The van der Waals surface area contributed by atoms with Gasteiger partial charge in [0.1, 0.15) is 0 Å². The molecule has 0 aromatic rings. The normalized spacial score (nSPS) is 16.5. The van der Waals surface area contributed by atoms with Crippen LogP contribution in [0.4, 0.5) is 0 Å². The fourth-order valence-corrected chi connectivity index (χ4v) is 6.85. The first kappa shape index (κ1) is 24.3. The van der Waals surface area contributed by atoms with Crippen molar-refractivity contribution < 1.29 is 14.7 Å². The molecule has 0 aliphatic rings. The zero-order chi connectivity index (χ0) is 18.5. The van der Waals surface area contributed by atoms with Crippen LogP contribution in [0.25, 0.3) is 0 Å². The van der Waals surface area contributed by atoms with E-state index in [-0.39, 0.29) is 24.2 Å². The molecule has 3 nitrogen and oxygen atoms in total. The standard InChI is InChI=1S/C20H45O3P/c1-5-9-11-13-15-19(7-3)17-24(21,22,23)18-20(8-4)16-14-12-10-6-2/h19-23H,5-18H2,1-4H3. The van der Waals surface area contributed by atoms with Gasteiger partial charge >= 0.3 is 151 Å². The zero-order valence-corrected chi connectivity index (χ0v) is 17.7. The molecule has 0 aromatic carbocycles. The molecule has 0 aliphatic heterocycles. The summed E-state index contributed by atoms with van der Waals surface area (Å²) < 4.78 is 0. The van der Waals surface area contributed by atoms with Crippen molar-refractivity contribution in [2.75, 3.05) is 12.3 Å². The van der Waals surface area contributed by atoms with Gasteiger partial charge in [-0.3, -0.25) is 0 Å². The Morgan fingerprint density at radius 1 is 0.583 bits per heavy atom. The van der Waals surface area contributed by atoms with E-state index < -0.39 is 7.28 Å². The molecular formula is C20H45O3P. The Balaban J connectivity index is 4.46. The zero-order valence-electron chi connectivity index (χ0n) is 16.8. The first-order valence-electron chi connectivity index (χ1n) is 10.5. The third-order valence-electron chi connectivity index (χ3n) is 5.35. The predicted molar refractivity (Wildman–Crippen MR) is 108 cm³/mol. The average Bonchev–Trinajstić information content (AvgIpc) is 2.52. The van der Waals surface area contributed by atoms with Gasteiger partial charge in [-0.05, 0) is 0 Å². The molecule has 0 aliphatic carbocycles. The number of hydrogen-bond acceptors (Lipinski definition) is 3. The van der Waals surface area contributed by atoms with Gasteiger partial charge in [-0.1, -0.05) is 0 Å². The Bertz CT molecular complexity index is 273. The van der Waals surface area contributed by atoms with Crippen LogP contribution in [0.15, 0.2) is 0 Å². The Kier molecular flexibility index (Phi) is 12.8. The molecule has 148 valence electrons. The second-order valence-electron chi connectivity index (χ2n) is 7.95. The van der Waals surface area contributed by atoms with E-state index in [0.717, 1.165) is 38.5 Å². The molecule has 0 saturated carbocycles. The van der Waals surface area contributed by atoms with Crippen molar-refractivity contribution in [2.24, 2.45) is 11.8 Å². The van der Waals surface area contributed by atoms with Crippen LogP contribution in [-0.2, 0) is 0 Å². The van der Waals surface area contributed by atoms with Gasteiger partial charge in [-0.25, -0.2) is 0 Å². The van der Waals surface area contributed by atoms with Crippen molar-refractivity contribution in [2.45, 2.75) is 105 Å². The molecule has 0 amide bonds. The molecule has 2 atom stereocenters.